The minimum absolute atomic E-state index is 0.0731. The summed E-state index contributed by atoms with van der Waals surface area (Å²) in [5.74, 6) is -0.844. The maximum Gasteiger partial charge on any atom is 0.303 e. The summed E-state index contributed by atoms with van der Waals surface area (Å²) in [5, 5.41) is 9.16. The van der Waals surface area contributed by atoms with E-state index in [2.05, 4.69) is 11.0 Å². The van der Waals surface area contributed by atoms with Gasteiger partial charge in [0.2, 0.25) is 0 Å². The molecule has 2 aliphatic rings. The highest BCUT2D eigenvalue weighted by Crippen LogP contribution is 2.50. The van der Waals surface area contributed by atoms with Crippen LogP contribution in [0, 0.1) is 0 Å². The van der Waals surface area contributed by atoms with E-state index in [0.717, 1.165) is 44.8 Å². The quantitative estimate of drug-likeness (QED) is 0.119. The molecule has 1 aliphatic heterocycles. The molecular weight excluding hydrogens is 627 g/mol. The highest BCUT2D eigenvalue weighted by molar-refractivity contribution is 7.86. The van der Waals surface area contributed by atoms with Crippen molar-refractivity contribution in [3.05, 3.63) is 94.2 Å². The third-order valence-electron chi connectivity index (χ3n) is 9.14. The number of nitrogens with zero attached hydrogens (tertiary/aromatic N) is 1. The standard InChI is InChI=1S/C35H43NO8S2/c1-7-26-27-17-15-24(45(39,40)41)21-29(27)34(3,4)28(26)18-13-23(11-9-10-12-33(37)38)14-20-32-35(5,6)30-22-25(46(42,43)44)16-19-31(30)36(32)8-2/h13-22H,7-12H2,1-6H3,(H,37,38)(H,39,40,41)(H,42,43,44). The first-order valence-electron chi connectivity index (χ1n) is 15.4. The summed E-state index contributed by atoms with van der Waals surface area (Å²) in [6.45, 7) is 12.8. The molecule has 2 aromatic carbocycles. The number of aliphatic carboxylic acids is 1. The number of carboxylic acids is 1. The summed E-state index contributed by atoms with van der Waals surface area (Å²) in [4.78, 5) is 13.0. The van der Waals surface area contributed by atoms with Gasteiger partial charge >= 0.3 is 5.97 Å². The van der Waals surface area contributed by atoms with Crippen LogP contribution in [0.1, 0.15) is 90.3 Å². The van der Waals surface area contributed by atoms with Gasteiger partial charge in [0.1, 0.15) is 0 Å². The molecule has 0 aromatic heterocycles. The van der Waals surface area contributed by atoms with E-state index in [1.807, 2.05) is 59.8 Å². The molecule has 4 rings (SSSR count). The molecular formula is C35H43NO8S2. The van der Waals surface area contributed by atoms with E-state index in [-0.39, 0.29) is 16.2 Å². The Balaban J connectivity index is 1.77. The molecule has 0 saturated carbocycles. The van der Waals surface area contributed by atoms with Crippen molar-refractivity contribution in [2.45, 2.75) is 94.3 Å². The Kier molecular flexibility index (Phi) is 9.95. The van der Waals surface area contributed by atoms with E-state index in [1.54, 1.807) is 18.2 Å². The lowest BCUT2D eigenvalue weighted by Crippen LogP contribution is -2.25. The van der Waals surface area contributed by atoms with Gasteiger partial charge in [0.25, 0.3) is 20.2 Å². The summed E-state index contributed by atoms with van der Waals surface area (Å²) >= 11 is 0. The SMILES string of the molecule is CCC1=C(C=CC(=CC=C2N(CC)c3ccc(S(=O)(=O)O)cc3C2(C)C)CCCCC(=O)O)C(C)(C)c2cc(S(=O)(=O)O)ccc21. The summed E-state index contributed by atoms with van der Waals surface area (Å²) in [6, 6.07) is 9.36. The van der Waals surface area contributed by atoms with Crippen molar-refractivity contribution >= 4 is 37.5 Å². The lowest BCUT2D eigenvalue weighted by atomic mass is 9.80. The molecule has 0 bridgehead atoms. The molecule has 1 heterocycles. The first-order chi connectivity index (χ1) is 21.3. The number of benzene rings is 2. The molecule has 0 unspecified atom stereocenters. The normalized spacial score (nSPS) is 18.5. The summed E-state index contributed by atoms with van der Waals surface area (Å²) in [7, 11) is -8.73. The Hall–Kier alpha value is -3.51. The number of carboxylic acid groups (broad SMARTS) is 1. The minimum Gasteiger partial charge on any atom is -0.481 e. The van der Waals surface area contributed by atoms with Crippen LogP contribution in [0.4, 0.5) is 5.69 Å². The van der Waals surface area contributed by atoms with Crippen LogP contribution in [-0.4, -0.2) is 43.6 Å². The molecule has 1 aliphatic carbocycles. The van der Waals surface area contributed by atoms with Crippen LogP contribution in [0.25, 0.3) is 5.57 Å². The van der Waals surface area contributed by atoms with Gasteiger partial charge in [-0.3, -0.25) is 13.9 Å². The molecule has 0 amide bonds. The largest absolute Gasteiger partial charge is 0.481 e. The molecule has 0 atom stereocenters. The van der Waals surface area contributed by atoms with E-state index < -0.39 is 37.0 Å². The number of fused-ring (bicyclic) bond motifs is 2. The first-order valence-corrected chi connectivity index (χ1v) is 18.3. The van der Waals surface area contributed by atoms with Crippen molar-refractivity contribution in [3.63, 3.8) is 0 Å². The number of allylic oxidation sites excluding steroid dienone is 8. The number of anilines is 1. The predicted molar refractivity (Wildman–Crippen MR) is 180 cm³/mol. The topological polar surface area (TPSA) is 149 Å². The lowest BCUT2D eigenvalue weighted by molar-refractivity contribution is -0.137. The van der Waals surface area contributed by atoms with Gasteiger partial charge in [-0.2, -0.15) is 16.8 Å². The highest BCUT2D eigenvalue weighted by Gasteiger charge is 2.40. The van der Waals surface area contributed by atoms with Gasteiger partial charge < -0.3 is 10.0 Å². The van der Waals surface area contributed by atoms with Gasteiger partial charge in [0.15, 0.2) is 0 Å². The van der Waals surface area contributed by atoms with Crippen LogP contribution in [-0.2, 0) is 35.9 Å². The third-order valence-corrected chi connectivity index (χ3v) is 10.8. The maximum atomic E-state index is 11.9. The number of rotatable bonds is 12. The molecule has 46 heavy (non-hydrogen) atoms. The van der Waals surface area contributed by atoms with Gasteiger partial charge in [-0.05, 0) is 102 Å². The van der Waals surface area contributed by atoms with Crippen molar-refractivity contribution in [2.75, 3.05) is 11.4 Å². The second kappa shape index (κ2) is 12.9. The minimum atomic E-state index is -4.37. The molecule has 2 aromatic rings. The number of carbonyl (C=O) groups is 1. The van der Waals surface area contributed by atoms with Crippen LogP contribution in [0.15, 0.2) is 87.3 Å². The Morgan fingerprint density at radius 1 is 0.848 bits per heavy atom. The molecule has 248 valence electrons. The number of hydrogen-bond acceptors (Lipinski definition) is 6. The predicted octanol–water partition coefficient (Wildman–Crippen LogP) is 7.46. The van der Waals surface area contributed by atoms with E-state index >= 15 is 0 Å². The fourth-order valence-corrected chi connectivity index (χ4v) is 7.69. The molecule has 0 fully saturated rings. The van der Waals surface area contributed by atoms with Crippen molar-refractivity contribution in [3.8, 4) is 0 Å². The Morgan fingerprint density at radius 2 is 1.43 bits per heavy atom. The molecule has 0 spiro atoms. The van der Waals surface area contributed by atoms with Crippen molar-refractivity contribution < 1.29 is 35.8 Å². The third kappa shape index (κ3) is 6.92. The Bertz CT molecular complexity index is 1900. The van der Waals surface area contributed by atoms with E-state index in [9.17, 15) is 30.7 Å². The molecule has 0 radical (unpaired) electrons. The second-order valence-electron chi connectivity index (χ2n) is 12.8. The zero-order valence-corrected chi connectivity index (χ0v) is 28.8. The van der Waals surface area contributed by atoms with E-state index in [0.29, 0.717) is 32.2 Å². The van der Waals surface area contributed by atoms with Crippen LogP contribution in [0.2, 0.25) is 0 Å². The highest BCUT2D eigenvalue weighted by atomic mass is 32.2. The Morgan fingerprint density at radius 3 is 2.00 bits per heavy atom. The van der Waals surface area contributed by atoms with Gasteiger partial charge in [-0.15, -0.1) is 0 Å². The molecule has 0 saturated heterocycles. The second-order valence-corrected chi connectivity index (χ2v) is 15.6. The smallest absolute Gasteiger partial charge is 0.303 e. The van der Waals surface area contributed by atoms with Gasteiger partial charge in [0.05, 0.1) is 9.79 Å². The molecule has 3 N–H and O–H groups in total. The number of unbranched alkanes of at least 4 members (excludes halogenated alkanes) is 1. The van der Waals surface area contributed by atoms with E-state index in [1.165, 1.54) is 18.2 Å². The monoisotopic (exact) mass is 669 g/mol. The van der Waals surface area contributed by atoms with Gasteiger partial charge in [-0.25, -0.2) is 0 Å². The average molecular weight is 670 g/mol. The summed E-state index contributed by atoms with van der Waals surface area (Å²) in [6.07, 6.45) is 10.7. The zero-order chi connectivity index (χ0) is 34.2. The maximum absolute atomic E-state index is 11.9. The van der Waals surface area contributed by atoms with Crippen molar-refractivity contribution in [1.82, 2.24) is 0 Å². The number of hydrogen-bond donors (Lipinski definition) is 3. The van der Waals surface area contributed by atoms with Crippen LogP contribution in [0.3, 0.4) is 0 Å². The van der Waals surface area contributed by atoms with Gasteiger partial charge in [-0.1, -0.05) is 58.9 Å². The Labute approximate surface area is 272 Å². The fourth-order valence-electron chi connectivity index (χ4n) is 6.68. The number of likely N-dealkylation sites (N-methyl/N-ethyl adjacent to an activating group) is 1. The summed E-state index contributed by atoms with van der Waals surface area (Å²) in [5.41, 5.74) is 6.34. The van der Waals surface area contributed by atoms with Crippen LogP contribution < -0.4 is 4.90 Å². The zero-order valence-electron chi connectivity index (χ0n) is 27.2. The average Bonchev–Trinajstić information content (AvgIpc) is 3.32. The molecule has 9 nitrogen and oxygen atoms in total. The molecule has 11 heteroatoms. The van der Waals surface area contributed by atoms with E-state index in [4.69, 9.17) is 5.11 Å². The fraction of sp³-hybridized carbons (Fsp3) is 0.400. The van der Waals surface area contributed by atoms with Crippen LogP contribution in [0.5, 0.6) is 0 Å². The van der Waals surface area contributed by atoms with Gasteiger partial charge in [0, 0.05) is 35.2 Å². The first kappa shape index (κ1) is 35.3. The summed E-state index contributed by atoms with van der Waals surface area (Å²) < 4.78 is 66.9. The lowest BCUT2D eigenvalue weighted by Gasteiger charge is -2.26. The van der Waals surface area contributed by atoms with Crippen LogP contribution >= 0.6 is 0 Å². The van der Waals surface area contributed by atoms with Crippen molar-refractivity contribution in [2.24, 2.45) is 0 Å². The van der Waals surface area contributed by atoms with Crippen molar-refractivity contribution in [1.29, 1.82) is 0 Å².